The average molecular weight is 491 g/mol. The molecule has 0 saturated heterocycles. The van der Waals surface area contributed by atoms with Crippen LogP contribution >= 0.6 is 24.0 Å². The van der Waals surface area contributed by atoms with Crippen LogP contribution in [0, 0.1) is 0 Å². The Morgan fingerprint density at radius 1 is 1.19 bits per heavy atom. The molecule has 1 aromatic rings. The fourth-order valence-electron chi connectivity index (χ4n) is 3.15. The van der Waals surface area contributed by atoms with Gasteiger partial charge in [-0.1, -0.05) is 31.7 Å². The van der Waals surface area contributed by atoms with E-state index >= 15 is 0 Å². The first-order valence-corrected chi connectivity index (χ1v) is 9.72. The largest absolute Gasteiger partial charge is 0.504 e. The topological polar surface area (TPSA) is 75.1 Å². The molecule has 0 atom stereocenters. The Hall–Kier alpha value is -1.22. The maximum Gasteiger partial charge on any atom is 0.191 e. The summed E-state index contributed by atoms with van der Waals surface area (Å²) >= 11 is 0. The Labute approximate surface area is 180 Å². The Bertz CT molecular complexity index is 561. The number of methoxy groups -OCH3 is 1. The van der Waals surface area contributed by atoms with Gasteiger partial charge in [0.2, 0.25) is 0 Å². The number of phenolic OH excluding ortho intramolecular Hbond substituents is 1. The summed E-state index contributed by atoms with van der Waals surface area (Å²) in [6.07, 6.45) is 8.06. The van der Waals surface area contributed by atoms with E-state index in [1.165, 1.54) is 45.6 Å². The second kappa shape index (κ2) is 13.9. The summed E-state index contributed by atoms with van der Waals surface area (Å²) in [5, 5.41) is 16.4. The Kier molecular flexibility index (Phi) is 12.2. The minimum atomic E-state index is 0. The number of ether oxygens (including phenoxy) is 2. The van der Waals surface area contributed by atoms with Crippen LogP contribution in [0.3, 0.4) is 0 Å². The zero-order chi connectivity index (χ0) is 18.6. The quantitative estimate of drug-likeness (QED) is 0.170. The van der Waals surface area contributed by atoms with Crippen LogP contribution < -0.4 is 15.4 Å². The third-order valence-electron chi connectivity index (χ3n) is 4.56. The van der Waals surface area contributed by atoms with E-state index in [1.807, 2.05) is 13.0 Å². The normalized spacial score (nSPS) is 15.6. The summed E-state index contributed by atoms with van der Waals surface area (Å²) in [6, 6.07) is 5.34. The van der Waals surface area contributed by atoms with Crippen molar-refractivity contribution in [2.75, 3.05) is 26.8 Å². The summed E-state index contributed by atoms with van der Waals surface area (Å²) < 4.78 is 11.1. The lowest BCUT2D eigenvalue weighted by molar-refractivity contribution is 0.0468. The van der Waals surface area contributed by atoms with Crippen LogP contribution in [0.25, 0.3) is 0 Å². The number of halogens is 1. The van der Waals surface area contributed by atoms with Crippen molar-refractivity contribution in [3.63, 3.8) is 0 Å². The first-order valence-electron chi connectivity index (χ1n) is 9.72. The number of nitrogens with zero attached hydrogens (tertiary/aromatic N) is 1. The number of aromatic hydroxyl groups is 1. The van der Waals surface area contributed by atoms with Crippen LogP contribution in [-0.4, -0.2) is 44.0 Å². The van der Waals surface area contributed by atoms with Gasteiger partial charge in [0, 0.05) is 13.1 Å². The van der Waals surface area contributed by atoms with E-state index in [0.717, 1.165) is 24.6 Å². The molecule has 0 aromatic heterocycles. The second-order valence-corrected chi connectivity index (χ2v) is 6.61. The van der Waals surface area contributed by atoms with Crippen LogP contribution in [0.2, 0.25) is 0 Å². The van der Waals surface area contributed by atoms with Crippen molar-refractivity contribution in [3.05, 3.63) is 23.8 Å². The molecule has 1 fully saturated rings. The van der Waals surface area contributed by atoms with Gasteiger partial charge in [0.25, 0.3) is 0 Å². The summed E-state index contributed by atoms with van der Waals surface area (Å²) in [4.78, 5) is 4.57. The molecule has 154 valence electrons. The highest BCUT2D eigenvalue weighted by atomic mass is 127. The molecule has 0 spiro atoms. The van der Waals surface area contributed by atoms with Crippen molar-refractivity contribution in [2.45, 2.75) is 58.1 Å². The van der Waals surface area contributed by atoms with Gasteiger partial charge in [0.15, 0.2) is 17.5 Å². The van der Waals surface area contributed by atoms with Crippen LogP contribution in [0.5, 0.6) is 11.5 Å². The maximum absolute atomic E-state index is 9.86. The van der Waals surface area contributed by atoms with Crippen LogP contribution in [0.15, 0.2) is 23.2 Å². The Morgan fingerprint density at radius 3 is 2.56 bits per heavy atom. The van der Waals surface area contributed by atoms with Gasteiger partial charge in [0.05, 0.1) is 26.4 Å². The van der Waals surface area contributed by atoms with Gasteiger partial charge >= 0.3 is 0 Å². The van der Waals surface area contributed by atoms with Crippen molar-refractivity contribution >= 4 is 29.9 Å². The zero-order valence-electron chi connectivity index (χ0n) is 16.5. The number of guanidine groups is 1. The number of hydrogen-bond donors (Lipinski definition) is 3. The van der Waals surface area contributed by atoms with Gasteiger partial charge in [-0.3, -0.25) is 0 Å². The van der Waals surface area contributed by atoms with E-state index < -0.39 is 0 Å². The molecule has 1 aromatic carbocycles. The van der Waals surface area contributed by atoms with Crippen molar-refractivity contribution in [1.29, 1.82) is 0 Å². The van der Waals surface area contributed by atoms with Gasteiger partial charge < -0.3 is 25.2 Å². The molecule has 0 radical (unpaired) electrons. The van der Waals surface area contributed by atoms with Gasteiger partial charge in [-0.05, 0) is 37.5 Å². The highest BCUT2D eigenvalue weighted by molar-refractivity contribution is 14.0. The number of phenols is 1. The molecule has 0 heterocycles. The predicted octanol–water partition coefficient (Wildman–Crippen LogP) is 3.81. The average Bonchev–Trinajstić information content (AvgIpc) is 2.92. The molecular weight excluding hydrogens is 457 g/mol. The van der Waals surface area contributed by atoms with E-state index in [9.17, 15) is 5.11 Å². The van der Waals surface area contributed by atoms with E-state index in [1.54, 1.807) is 12.1 Å². The van der Waals surface area contributed by atoms with Crippen LogP contribution in [0.4, 0.5) is 0 Å². The SMILES string of the molecule is CCNC(=NCc1ccc(OC)c(O)c1)NCCOC1CCCCCC1.I. The molecule has 6 nitrogen and oxygen atoms in total. The third kappa shape index (κ3) is 9.01. The fraction of sp³-hybridized carbons (Fsp3) is 0.650. The highest BCUT2D eigenvalue weighted by Crippen LogP contribution is 2.26. The molecule has 1 aliphatic carbocycles. The summed E-state index contributed by atoms with van der Waals surface area (Å²) in [6.45, 7) is 4.74. The molecule has 0 aliphatic heterocycles. The van der Waals surface area contributed by atoms with E-state index in [0.29, 0.717) is 25.0 Å². The Morgan fingerprint density at radius 2 is 1.93 bits per heavy atom. The highest BCUT2D eigenvalue weighted by Gasteiger charge is 2.12. The number of aliphatic imine (C=N–C) groups is 1. The molecule has 7 heteroatoms. The minimum absolute atomic E-state index is 0. The fourth-order valence-corrected chi connectivity index (χ4v) is 3.15. The van der Waals surface area contributed by atoms with Gasteiger partial charge in [-0.15, -0.1) is 24.0 Å². The second-order valence-electron chi connectivity index (χ2n) is 6.61. The molecule has 3 N–H and O–H groups in total. The summed E-state index contributed by atoms with van der Waals surface area (Å²) in [5.41, 5.74) is 0.926. The van der Waals surface area contributed by atoms with Gasteiger partial charge in [-0.2, -0.15) is 0 Å². The third-order valence-corrected chi connectivity index (χ3v) is 4.56. The minimum Gasteiger partial charge on any atom is -0.504 e. The summed E-state index contributed by atoms with van der Waals surface area (Å²) in [5.74, 6) is 1.36. The van der Waals surface area contributed by atoms with Crippen molar-refractivity contribution in [1.82, 2.24) is 10.6 Å². The number of hydrogen-bond acceptors (Lipinski definition) is 4. The molecule has 2 rings (SSSR count). The smallest absolute Gasteiger partial charge is 0.191 e. The van der Waals surface area contributed by atoms with Gasteiger partial charge in [0.1, 0.15) is 0 Å². The standard InChI is InChI=1S/C20H33N3O3.HI/c1-3-21-20(22-12-13-26-17-8-6-4-5-7-9-17)23-15-16-10-11-19(25-2)18(24)14-16;/h10-11,14,17,24H,3-9,12-13,15H2,1-2H3,(H2,21,22,23);1H. The maximum atomic E-state index is 9.86. The molecule has 0 unspecified atom stereocenters. The summed E-state index contributed by atoms with van der Waals surface area (Å²) in [7, 11) is 1.54. The first-order chi connectivity index (χ1) is 12.7. The van der Waals surface area contributed by atoms with Crippen molar-refractivity contribution in [2.24, 2.45) is 4.99 Å². The predicted molar refractivity (Wildman–Crippen MR) is 120 cm³/mol. The molecule has 0 amide bonds. The lowest BCUT2D eigenvalue weighted by Crippen LogP contribution is -2.39. The Balaban J connectivity index is 0.00000364. The first kappa shape index (κ1) is 23.8. The van der Waals surface area contributed by atoms with Crippen molar-refractivity contribution in [3.8, 4) is 11.5 Å². The lowest BCUT2D eigenvalue weighted by atomic mass is 10.1. The molecular formula is C20H34IN3O3. The number of rotatable bonds is 8. The van der Waals surface area contributed by atoms with Gasteiger partial charge in [-0.25, -0.2) is 4.99 Å². The monoisotopic (exact) mass is 491 g/mol. The van der Waals surface area contributed by atoms with E-state index in [2.05, 4.69) is 15.6 Å². The van der Waals surface area contributed by atoms with Crippen LogP contribution in [0.1, 0.15) is 51.0 Å². The molecule has 27 heavy (non-hydrogen) atoms. The molecule has 1 aliphatic rings. The number of nitrogens with one attached hydrogen (secondary N) is 2. The molecule has 1 saturated carbocycles. The number of benzene rings is 1. The van der Waals surface area contributed by atoms with E-state index in [4.69, 9.17) is 9.47 Å². The zero-order valence-corrected chi connectivity index (χ0v) is 18.8. The van der Waals surface area contributed by atoms with E-state index in [-0.39, 0.29) is 29.7 Å². The lowest BCUT2D eigenvalue weighted by Gasteiger charge is -2.16. The van der Waals surface area contributed by atoms with Crippen molar-refractivity contribution < 1.29 is 14.6 Å². The van der Waals surface area contributed by atoms with Crippen LogP contribution in [-0.2, 0) is 11.3 Å². The molecule has 0 bridgehead atoms.